The van der Waals surface area contributed by atoms with Gasteiger partial charge in [0.2, 0.25) is 0 Å². The first-order valence-electron chi connectivity index (χ1n) is 8.94. The van der Waals surface area contributed by atoms with Gasteiger partial charge >= 0.3 is 5.51 Å². The zero-order valence-corrected chi connectivity index (χ0v) is 16.6. The normalized spacial score (nSPS) is 13.6. The maximum atomic E-state index is 14.2. The number of hydrogen-bond acceptors (Lipinski definition) is 5. The molecule has 0 aliphatic carbocycles. The Morgan fingerprint density at radius 3 is 2.19 bits per heavy atom. The number of nitrogens with one attached hydrogen (secondary N) is 2. The van der Waals surface area contributed by atoms with E-state index in [9.17, 15) is 35.2 Å². The number of hydrogen-bond donors (Lipinski definition) is 2. The highest BCUT2D eigenvalue weighted by Crippen LogP contribution is 2.34. The third-order valence-electron chi connectivity index (χ3n) is 4.71. The molecule has 12 heteroatoms. The van der Waals surface area contributed by atoms with Gasteiger partial charge in [0.15, 0.2) is 0 Å². The maximum absolute atomic E-state index is 14.2. The van der Waals surface area contributed by atoms with Crippen molar-refractivity contribution in [3.8, 4) is 11.3 Å². The van der Waals surface area contributed by atoms with Crippen molar-refractivity contribution in [1.82, 2.24) is 10.3 Å². The summed E-state index contributed by atoms with van der Waals surface area (Å²) in [4.78, 5) is 15.4. The number of benzene rings is 2. The molecule has 2 aromatic carbocycles. The van der Waals surface area contributed by atoms with Crippen molar-refractivity contribution in [1.29, 1.82) is 0 Å². The molecule has 0 saturated carbocycles. The summed E-state index contributed by atoms with van der Waals surface area (Å²) in [6, 6.07) is 8.15. The van der Waals surface area contributed by atoms with Crippen LogP contribution in [0.3, 0.4) is 0 Å². The highest BCUT2D eigenvalue weighted by Gasteiger charge is 2.46. The second-order valence-electron chi connectivity index (χ2n) is 6.75. The largest absolute Gasteiger partial charge is 0.501 e. The van der Waals surface area contributed by atoms with Gasteiger partial charge in [0.05, 0.1) is 39.6 Å². The summed E-state index contributed by atoms with van der Waals surface area (Å²) in [5.41, 5.74) is -5.43. The monoisotopic (exact) mass is 469 g/mol. The Bertz CT molecular complexity index is 1320. The van der Waals surface area contributed by atoms with E-state index in [4.69, 9.17) is 0 Å². The number of alkyl halides is 3. The lowest BCUT2D eigenvalue weighted by atomic mass is 10.1. The summed E-state index contributed by atoms with van der Waals surface area (Å²) in [6.45, 7) is 0.00945. The molecule has 6 nitrogen and oxygen atoms in total. The van der Waals surface area contributed by atoms with E-state index in [2.05, 4.69) is 15.6 Å². The maximum Gasteiger partial charge on any atom is 0.501 e. The number of anilines is 2. The molecule has 0 bridgehead atoms. The number of sulfone groups is 1. The minimum absolute atomic E-state index is 0.00945. The van der Waals surface area contributed by atoms with Gasteiger partial charge in [0, 0.05) is 5.69 Å². The molecule has 1 aliphatic rings. The molecule has 1 aliphatic heterocycles. The van der Waals surface area contributed by atoms with E-state index in [-0.39, 0.29) is 34.9 Å². The predicted octanol–water partition coefficient (Wildman–Crippen LogP) is 4.31. The van der Waals surface area contributed by atoms with Gasteiger partial charge in [0.1, 0.15) is 11.6 Å². The van der Waals surface area contributed by atoms with Crippen LogP contribution in [0.15, 0.2) is 53.4 Å². The number of amides is 1. The molecule has 0 unspecified atom stereocenters. The van der Waals surface area contributed by atoms with Crippen molar-refractivity contribution in [2.45, 2.75) is 16.9 Å². The van der Waals surface area contributed by atoms with Crippen molar-refractivity contribution in [3.05, 3.63) is 71.4 Å². The Kier molecular flexibility index (Phi) is 5.12. The van der Waals surface area contributed by atoms with Gasteiger partial charge in [-0.25, -0.2) is 22.2 Å². The average Bonchev–Trinajstić information content (AvgIpc) is 3.08. The number of carbonyl (C=O) groups excluding carboxylic acids is 1. The van der Waals surface area contributed by atoms with Crippen LogP contribution >= 0.6 is 0 Å². The van der Waals surface area contributed by atoms with Gasteiger partial charge in [-0.1, -0.05) is 6.07 Å². The summed E-state index contributed by atoms with van der Waals surface area (Å²) in [5, 5.41) is 5.31. The molecule has 166 valence electrons. The number of nitrogens with zero attached hydrogens (tertiary/aromatic N) is 1. The number of aromatic nitrogens is 1. The van der Waals surface area contributed by atoms with Crippen LogP contribution in [0.4, 0.5) is 33.3 Å². The highest BCUT2D eigenvalue weighted by atomic mass is 32.2. The van der Waals surface area contributed by atoms with Gasteiger partial charge in [-0.3, -0.25) is 4.79 Å². The molecule has 1 amide bonds. The Balaban J connectivity index is 1.76. The molecule has 0 saturated heterocycles. The van der Waals surface area contributed by atoms with Crippen LogP contribution in [0.2, 0.25) is 0 Å². The van der Waals surface area contributed by atoms with Crippen molar-refractivity contribution in [2.75, 3.05) is 5.32 Å². The van der Waals surface area contributed by atoms with Gasteiger partial charge < -0.3 is 10.6 Å². The van der Waals surface area contributed by atoms with Crippen LogP contribution in [-0.4, -0.2) is 24.8 Å². The first-order chi connectivity index (χ1) is 15.0. The Morgan fingerprint density at radius 1 is 0.969 bits per heavy atom. The molecule has 2 N–H and O–H groups in total. The van der Waals surface area contributed by atoms with Crippen molar-refractivity contribution in [3.63, 3.8) is 0 Å². The zero-order valence-electron chi connectivity index (χ0n) is 15.8. The summed E-state index contributed by atoms with van der Waals surface area (Å²) < 4.78 is 89.6. The van der Waals surface area contributed by atoms with E-state index in [1.54, 1.807) is 0 Å². The molecule has 32 heavy (non-hydrogen) atoms. The smallest absolute Gasteiger partial charge is 0.355 e. The van der Waals surface area contributed by atoms with Crippen molar-refractivity contribution in [2.24, 2.45) is 0 Å². The lowest BCUT2D eigenvalue weighted by Gasteiger charge is -2.14. The van der Waals surface area contributed by atoms with Crippen LogP contribution in [0.5, 0.6) is 0 Å². The zero-order chi connectivity index (χ0) is 23.3. The van der Waals surface area contributed by atoms with E-state index in [0.29, 0.717) is 0 Å². The second-order valence-corrected chi connectivity index (χ2v) is 8.70. The minimum Gasteiger partial charge on any atom is -0.355 e. The second kappa shape index (κ2) is 7.55. The molecule has 4 rings (SSSR count). The van der Waals surface area contributed by atoms with Crippen LogP contribution in [-0.2, 0) is 16.4 Å². The van der Waals surface area contributed by atoms with Crippen LogP contribution in [0.1, 0.15) is 16.1 Å². The summed E-state index contributed by atoms with van der Waals surface area (Å²) >= 11 is 0. The van der Waals surface area contributed by atoms with Crippen LogP contribution in [0.25, 0.3) is 11.3 Å². The lowest BCUT2D eigenvalue weighted by Crippen LogP contribution is -2.23. The fourth-order valence-corrected chi connectivity index (χ4v) is 3.97. The molecule has 3 aromatic rings. The number of halogens is 5. The SMILES string of the molecule is O=C1NCc2nc(-c3c(F)cccc3F)cc(Nc3ccc(S(=O)(=O)C(F)(F)F)cc3)c21. The van der Waals surface area contributed by atoms with Crippen molar-refractivity contribution < 1.29 is 35.2 Å². The van der Waals surface area contributed by atoms with Crippen molar-refractivity contribution >= 4 is 27.1 Å². The molecule has 0 fully saturated rings. The van der Waals surface area contributed by atoms with E-state index in [0.717, 1.165) is 36.4 Å². The topological polar surface area (TPSA) is 88.2 Å². The van der Waals surface area contributed by atoms with Crippen LogP contribution < -0.4 is 10.6 Å². The van der Waals surface area contributed by atoms with E-state index >= 15 is 0 Å². The third kappa shape index (κ3) is 3.66. The van der Waals surface area contributed by atoms with Gasteiger partial charge in [-0.2, -0.15) is 13.2 Å². The predicted molar refractivity (Wildman–Crippen MR) is 104 cm³/mol. The van der Waals surface area contributed by atoms with E-state index in [1.807, 2.05) is 0 Å². The fraction of sp³-hybridized carbons (Fsp3) is 0.100. The van der Waals surface area contributed by atoms with Gasteiger partial charge in [-0.05, 0) is 42.5 Å². The molecular formula is C20H12F5N3O3S. The number of pyridine rings is 1. The molecular weight excluding hydrogens is 457 g/mol. The van der Waals surface area contributed by atoms with Gasteiger partial charge in [0.25, 0.3) is 15.7 Å². The number of rotatable bonds is 4. The number of fused-ring (bicyclic) bond motifs is 1. The standard InChI is InChI=1S/C20H12F5N3O3S/c21-12-2-1-3-13(22)17(12)14-8-15(18-16(28-14)9-26-19(18)29)27-10-4-6-11(7-5-10)32(30,31)20(23,24)25/h1-8H,9H2,(H,26,29)(H,27,28). The van der Waals surface area contributed by atoms with E-state index in [1.165, 1.54) is 12.1 Å². The first kappa shape index (κ1) is 21.7. The Labute approximate surface area is 178 Å². The van der Waals surface area contributed by atoms with Crippen LogP contribution in [0, 0.1) is 11.6 Å². The quantitative estimate of drug-likeness (QED) is 0.556. The Morgan fingerprint density at radius 2 is 1.59 bits per heavy atom. The number of carbonyl (C=O) groups is 1. The highest BCUT2D eigenvalue weighted by molar-refractivity contribution is 7.92. The van der Waals surface area contributed by atoms with E-state index < -0.39 is 43.3 Å². The lowest BCUT2D eigenvalue weighted by molar-refractivity contribution is -0.0436. The summed E-state index contributed by atoms with van der Waals surface area (Å²) in [5.74, 6) is -2.25. The summed E-state index contributed by atoms with van der Waals surface area (Å²) in [6.07, 6.45) is 0. The Hall–Kier alpha value is -3.54. The molecule has 1 aromatic heterocycles. The average molecular weight is 469 g/mol. The fourth-order valence-electron chi connectivity index (χ4n) is 3.21. The third-order valence-corrected chi connectivity index (χ3v) is 6.21. The van der Waals surface area contributed by atoms with Gasteiger partial charge in [-0.15, -0.1) is 0 Å². The summed E-state index contributed by atoms with van der Waals surface area (Å²) in [7, 11) is -5.52. The molecule has 2 heterocycles. The minimum atomic E-state index is -5.52. The first-order valence-corrected chi connectivity index (χ1v) is 10.4. The molecule has 0 radical (unpaired) electrons. The molecule has 0 atom stereocenters. The molecule has 0 spiro atoms.